The predicted octanol–water partition coefficient (Wildman–Crippen LogP) is 2.81. The van der Waals surface area contributed by atoms with Crippen molar-refractivity contribution >= 4 is 22.5 Å². The summed E-state index contributed by atoms with van der Waals surface area (Å²) in [7, 11) is 2.10. The van der Waals surface area contributed by atoms with E-state index in [0.29, 0.717) is 5.13 Å². The summed E-state index contributed by atoms with van der Waals surface area (Å²) in [5.41, 5.74) is 1.17. The number of hydrogen-bond donors (Lipinski definition) is 2. The zero-order valence-electron chi connectivity index (χ0n) is 12.5. The summed E-state index contributed by atoms with van der Waals surface area (Å²) in [6.07, 6.45) is 4.58. The number of likely N-dealkylation sites (N-methyl/N-ethyl adjacent to an activating group) is 1. The lowest BCUT2D eigenvalue weighted by Crippen LogP contribution is -2.25. The molecule has 5 nitrogen and oxygen atoms in total. The van der Waals surface area contributed by atoms with E-state index in [2.05, 4.69) is 48.3 Å². The van der Waals surface area contributed by atoms with Crippen LogP contribution in [-0.2, 0) is 13.0 Å². The smallest absolute Gasteiger partial charge is 0.315 e. The van der Waals surface area contributed by atoms with Crippen molar-refractivity contribution in [3.05, 3.63) is 22.8 Å². The van der Waals surface area contributed by atoms with Gasteiger partial charge in [0.2, 0.25) is 0 Å². The first-order valence-corrected chi connectivity index (χ1v) is 7.57. The number of hydrogen-bond acceptors (Lipinski definition) is 4. The molecule has 1 aromatic rings. The molecule has 0 fully saturated rings. The van der Waals surface area contributed by atoms with Gasteiger partial charge in [0, 0.05) is 30.6 Å². The zero-order chi connectivity index (χ0) is 14.8. The number of amides is 2. The summed E-state index contributed by atoms with van der Waals surface area (Å²) in [6.45, 7) is 8.17. The van der Waals surface area contributed by atoms with Crippen LogP contribution in [-0.4, -0.2) is 29.5 Å². The molecular formula is C14H22N4OS. The number of anilines is 1. The number of fused-ring (bicyclic) bond motifs is 1. The number of rotatable bonds is 2. The molecule has 2 amide bonds. The molecule has 0 atom stereocenters. The Morgan fingerprint density at radius 1 is 1.45 bits per heavy atom. The molecule has 1 aliphatic heterocycles. The Bertz CT molecular complexity index is 516. The standard InChI is InChI=1S/C14H22N4OS/c1-14(2,3)6-7-15-12(19)17-13-16-10-5-8-18(4)9-11(10)20-13/h6-7H,5,8-9H2,1-4H3,(H2,15,16,17,19)/b7-6+. The number of aromatic nitrogens is 1. The lowest BCUT2D eigenvalue weighted by atomic mass is 9.97. The van der Waals surface area contributed by atoms with Crippen molar-refractivity contribution in [1.29, 1.82) is 0 Å². The summed E-state index contributed by atoms with van der Waals surface area (Å²) < 4.78 is 0. The van der Waals surface area contributed by atoms with Crippen molar-refractivity contribution in [3.63, 3.8) is 0 Å². The minimum Gasteiger partial charge on any atom is -0.315 e. The highest BCUT2D eigenvalue weighted by molar-refractivity contribution is 7.15. The van der Waals surface area contributed by atoms with Crippen LogP contribution in [0.15, 0.2) is 12.3 Å². The van der Waals surface area contributed by atoms with Gasteiger partial charge in [-0.25, -0.2) is 9.78 Å². The maximum absolute atomic E-state index is 11.8. The van der Waals surface area contributed by atoms with Crippen LogP contribution >= 0.6 is 11.3 Å². The lowest BCUT2D eigenvalue weighted by Gasteiger charge is -2.20. The van der Waals surface area contributed by atoms with E-state index in [1.165, 1.54) is 4.88 Å². The lowest BCUT2D eigenvalue weighted by molar-refractivity contribution is 0.255. The fourth-order valence-corrected chi connectivity index (χ4v) is 2.96. The van der Waals surface area contributed by atoms with Gasteiger partial charge in [-0.15, -0.1) is 11.3 Å². The quantitative estimate of drug-likeness (QED) is 0.882. The topological polar surface area (TPSA) is 57.3 Å². The second kappa shape index (κ2) is 5.93. The maximum atomic E-state index is 11.8. The van der Waals surface area contributed by atoms with E-state index in [4.69, 9.17) is 0 Å². The Kier molecular flexibility index (Phi) is 4.45. The predicted molar refractivity (Wildman–Crippen MR) is 82.9 cm³/mol. The van der Waals surface area contributed by atoms with Gasteiger partial charge in [0.25, 0.3) is 0 Å². The number of nitrogens with one attached hydrogen (secondary N) is 2. The van der Waals surface area contributed by atoms with Gasteiger partial charge >= 0.3 is 6.03 Å². The van der Waals surface area contributed by atoms with E-state index < -0.39 is 0 Å². The van der Waals surface area contributed by atoms with Crippen molar-refractivity contribution in [2.24, 2.45) is 5.41 Å². The minimum absolute atomic E-state index is 0.0537. The number of carbonyl (C=O) groups excluding carboxylic acids is 1. The highest BCUT2D eigenvalue weighted by atomic mass is 32.1. The molecule has 20 heavy (non-hydrogen) atoms. The van der Waals surface area contributed by atoms with Crippen molar-refractivity contribution < 1.29 is 4.79 Å². The third kappa shape index (κ3) is 4.31. The van der Waals surface area contributed by atoms with Gasteiger partial charge in [-0.05, 0) is 12.5 Å². The molecule has 0 radical (unpaired) electrons. The summed E-state index contributed by atoms with van der Waals surface area (Å²) >= 11 is 1.56. The van der Waals surface area contributed by atoms with Gasteiger partial charge in [-0.2, -0.15) is 0 Å². The fraction of sp³-hybridized carbons (Fsp3) is 0.571. The van der Waals surface area contributed by atoms with E-state index in [-0.39, 0.29) is 11.4 Å². The molecule has 2 N–H and O–H groups in total. The van der Waals surface area contributed by atoms with Crippen LogP contribution in [0.4, 0.5) is 9.93 Å². The highest BCUT2D eigenvalue weighted by Crippen LogP contribution is 2.27. The third-order valence-corrected chi connectivity index (χ3v) is 3.94. The molecule has 0 aliphatic carbocycles. The van der Waals surface area contributed by atoms with Crippen LogP contribution in [0.1, 0.15) is 31.3 Å². The first-order valence-electron chi connectivity index (χ1n) is 6.76. The Morgan fingerprint density at radius 3 is 2.90 bits per heavy atom. The number of thiazole rings is 1. The molecule has 0 unspecified atom stereocenters. The van der Waals surface area contributed by atoms with E-state index in [0.717, 1.165) is 25.2 Å². The summed E-state index contributed by atoms with van der Waals surface area (Å²) in [5.74, 6) is 0. The number of urea groups is 1. The molecule has 0 saturated heterocycles. The van der Waals surface area contributed by atoms with E-state index in [9.17, 15) is 4.79 Å². The third-order valence-electron chi connectivity index (χ3n) is 2.94. The van der Waals surface area contributed by atoms with Crippen LogP contribution < -0.4 is 10.6 Å². The van der Waals surface area contributed by atoms with E-state index in [1.54, 1.807) is 17.5 Å². The molecule has 110 valence electrons. The Hall–Kier alpha value is -1.40. The van der Waals surface area contributed by atoms with Gasteiger partial charge in [0.15, 0.2) is 5.13 Å². The van der Waals surface area contributed by atoms with Crippen LogP contribution in [0.2, 0.25) is 0 Å². The van der Waals surface area contributed by atoms with E-state index in [1.807, 2.05) is 6.08 Å². The molecule has 2 rings (SSSR count). The van der Waals surface area contributed by atoms with Gasteiger partial charge < -0.3 is 10.2 Å². The van der Waals surface area contributed by atoms with Crippen LogP contribution in [0.25, 0.3) is 0 Å². The average Bonchev–Trinajstić information content (AvgIpc) is 2.68. The maximum Gasteiger partial charge on any atom is 0.324 e. The number of nitrogens with zero attached hydrogens (tertiary/aromatic N) is 2. The van der Waals surface area contributed by atoms with Crippen LogP contribution in [0, 0.1) is 5.41 Å². The first kappa shape index (κ1) is 15.0. The van der Waals surface area contributed by atoms with E-state index >= 15 is 0 Å². The summed E-state index contributed by atoms with van der Waals surface area (Å²) in [5, 5.41) is 6.16. The number of allylic oxidation sites excluding steroid dienone is 1. The average molecular weight is 294 g/mol. The highest BCUT2D eigenvalue weighted by Gasteiger charge is 2.18. The fourth-order valence-electron chi connectivity index (χ4n) is 1.88. The molecule has 0 aromatic carbocycles. The molecule has 0 bridgehead atoms. The van der Waals surface area contributed by atoms with Crippen LogP contribution in [0.5, 0.6) is 0 Å². The largest absolute Gasteiger partial charge is 0.324 e. The zero-order valence-corrected chi connectivity index (χ0v) is 13.3. The van der Waals surface area contributed by atoms with Crippen molar-refractivity contribution in [3.8, 4) is 0 Å². The summed E-state index contributed by atoms with van der Waals surface area (Å²) in [6, 6.07) is -0.245. The van der Waals surface area contributed by atoms with Crippen molar-refractivity contribution in [2.75, 3.05) is 18.9 Å². The van der Waals surface area contributed by atoms with Gasteiger partial charge in [0.05, 0.1) is 5.69 Å². The Labute approximate surface area is 124 Å². The monoisotopic (exact) mass is 294 g/mol. The Balaban J connectivity index is 1.91. The Morgan fingerprint density at radius 2 is 2.20 bits per heavy atom. The molecule has 6 heteroatoms. The minimum atomic E-state index is -0.245. The summed E-state index contributed by atoms with van der Waals surface area (Å²) in [4.78, 5) is 19.7. The van der Waals surface area contributed by atoms with Crippen molar-refractivity contribution in [1.82, 2.24) is 15.2 Å². The van der Waals surface area contributed by atoms with Gasteiger partial charge in [-0.1, -0.05) is 26.8 Å². The molecule has 2 heterocycles. The van der Waals surface area contributed by atoms with Crippen molar-refractivity contribution in [2.45, 2.75) is 33.7 Å². The van der Waals surface area contributed by atoms with Crippen LogP contribution in [0.3, 0.4) is 0 Å². The SMILES string of the molecule is CN1CCc2nc(NC(=O)N/C=C/C(C)(C)C)sc2C1. The second-order valence-corrected chi connectivity index (χ2v) is 7.26. The molecule has 0 saturated carbocycles. The molecule has 1 aliphatic rings. The molecule has 0 spiro atoms. The normalized spacial score (nSPS) is 16.2. The molecule has 1 aromatic heterocycles. The van der Waals surface area contributed by atoms with Gasteiger partial charge in [-0.3, -0.25) is 5.32 Å². The molecular weight excluding hydrogens is 272 g/mol. The second-order valence-electron chi connectivity index (χ2n) is 6.17. The number of carbonyl (C=O) groups is 1. The van der Waals surface area contributed by atoms with Gasteiger partial charge in [0.1, 0.15) is 0 Å². The first-order chi connectivity index (χ1) is 9.33.